The van der Waals surface area contributed by atoms with E-state index >= 15 is 0 Å². The van der Waals surface area contributed by atoms with E-state index in [4.69, 9.17) is 9.47 Å². The quantitative estimate of drug-likeness (QED) is 0.853. The first-order valence-corrected chi connectivity index (χ1v) is 6.67. The van der Waals surface area contributed by atoms with Crippen molar-refractivity contribution < 1.29 is 14.6 Å². The summed E-state index contributed by atoms with van der Waals surface area (Å²) in [5.41, 5.74) is -0.645. The van der Waals surface area contributed by atoms with Crippen molar-refractivity contribution in [3.8, 4) is 5.88 Å². The summed E-state index contributed by atoms with van der Waals surface area (Å²) in [5.74, 6) is 0.198. The van der Waals surface area contributed by atoms with Crippen molar-refractivity contribution in [2.45, 2.75) is 38.7 Å². The number of aromatic amines is 1. The van der Waals surface area contributed by atoms with Crippen LogP contribution in [0.2, 0.25) is 0 Å². The lowest BCUT2D eigenvalue weighted by Crippen LogP contribution is -2.39. The van der Waals surface area contributed by atoms with Crippen molar-refractivity contribution in [1.29, 1.82) is 0 Å². The van der Waals surface area contributed by atoms with Crippen LogP contribution in [0.1, 0.15) is 38.1 Å². The van der Waals surface area contributed by atoms with E-state index in [0.717, 1.165) is 0 Å². The minimum Gasteiger partial charge on any atom is -0.493 e. The number of hydrogen-bond donors (Lipinski definition) is 2. The fourth-order valence-electron chi connectivity index (χ4n) is 2.45. The molecule has 6 nitrogen and oxygen atoms in total. The molecule has 1 aliphatic heterocycles. The van der Waals surface area contributed by atoms with Gasteiger partial charge in [0.25, 0.3) is 5.56 Å². The van der Waals surface area contributed by atoms with Gasteiger partial charge in [-0.25, -0.2) is 0 Å². The van der Waals surface area contributed by atoms with Gasteiger partial charge in [-0.2, -0.15) is 4.98 Å². The van der Waals surface area contributed by atoms with E-state index in [-0.39, 0.29) is 11.4 Å². The topological polar surface area (TPSA) is 84.4 Å². The zero-order valence-corrected chi connectivity index (χ0v) is 11.4. The number of hydrogen-bond acceptors (Lipinski definition) is 5. The van der Waals surface area contributed by atoms with Crippen molar-refractivity contribution in [1.82, 2.24) is 9.97 Å². The first kappa shape index (κ1) is 14.0. The number of nitrogens with zero attached hydrogens (tertiary/aromatic N) is 1. The van der Waals surface area contributed by atoms with Gasteiger partial charge < -0.3 is 19.6 Å². The normalized spacial score (nSPS) is 18.4. The summed E-state index contributed by atoms with van der Waals surface area (Å²) in [5, 5.41) is 9.87. The smallest absolute Gasteiger partial charge is 0.258 e. The van der Waals surface area contributed by atoms with E-state index < -0.39 is 5.60 Å². The summed E-state index contributed by atoms with van der Waals surface area (Å²) in [7, 11) is 0. The van der Waals surface area contributed by atoms with Gasteiger partial charge in [0.15, 0.2) is 0 Å². The van der Waals surface area contributed by atoms with E-state index in [9.17, 15) is 9.90 Å². The van der Waals surface area contributed by atoms with E-state index in [1.165, 1.54) is 0 Å². The molecule has 2 rings (SSSR count). The molecule has 2 N–H and O–H groups in total. The van der Waals surface area contributed by atoms with Crippen LogP contribution in [-0.4, -0.2) is 34.9 Å². The number of ether oxygens (including phenoxy) is 2. The minimum absolute atomic E-state index is 0.202. The molecule has 0 aromatic carbocycles. The van der Waals surface area contributed by atoms with Gasteiger partial charge in [0, 0.05) is 32.7 Å². The lowest BCUT2D eigenvalue weighted by molar-refractivity contribution is -0.118. The highest BCUT2D eigenvalue weighted by Gasteiger charge is 2.38. The van der Waals surface area contributed by atoms with Gasteiger partial charge in [0.2, 0.25) is 5.88 Å². The van der Waals surface area contributed by atoms with E-state index in [1.54, 1.807) is 6.92 Å². The third kappa shape index (κ3) is 2.64. The molecule has 0 radical (unpaired) electrons. The largest absolute Gasteiger partial charge is 0.493 e. The van der Waals surface area contributed by atoms with Crippen molar-refractivity contribution in [3.05, 3.63) is 21.7 Å². The Morgan fingerprint density at radius 2 is 2.11 bits per heavy atom. The Bertz CT molecular complexity index is 486. The first-order valence-electron chi connectivity index (χ1n) is 6.67. The van der Waals surface area contributed by atoms with Crippen LogP contribution in [0.15, 0.2) is 4.79 Å². The minimum atomic E-state index is -0.657. The summed E-state index contributed by atoms with van der Waals surface area (Å²) >= 11 is 0. The van der Waals surface area contributed by atoms with Gasteiger partial charge >= 0.3 is 0 Å². The van der Waals surface area contributed by atoms with E-state index in [2.05, 4.69) is 9.97 Å². The molecular weight excluding hydrogens is 248 g/mol. The lowest BCUT2D eigenvalue weighted by atomic mass is 9.92. The van der Waals surface area contributed by atoms with Crippen LogP contribution in [0.25, 0.3) is 0 Å². The summed E-state index contributed by atoms with van der Waals surface area (Å²) in [6.45, 7) is 5.33. The molecule has 0 aliphatic carbocycles. The third-order valence-electron chi connectivity index (χ3n) is 3.50. The lowest BCUT2D eigenvalue weighted by Gasteiger charge is -2.35. The Kier molecular flexibility index (Phi) is 4.21. The Hall–Kier alpha value is -1.40. The molecule has 6 heteroatoms. The van der Waals surface area contributed by atoms with Crippen LogP contribution in [0, 0.1) is 0 Å². The molecule has 1 fully saturated rings. The molecule has 19 heavy (non-hydrogen) atoms. The molecule has 2 heterocycles. The molecule has 1 aromatic heterocycles. The molecular formula is C13H20N2O4. The zero-order chi connectivity index (χ0) is 13.9. The SMILES string of the molecule is CCOC1(c2nc(O)c(CC)c(=O)[nH]2)CCOCC1. The number of aromatic hydroxyl groups is 1. The van der Waals surface area contributed by atoms with Gasteiger partial charge in [0.1, 0.15) is 11.4 Å². The standard InChI is InChI=1S/C13H20N2O4/c1-3-9-10(16)14-12(15-11(9)17)13(19-4-2)5-7-18-8-6-13/h3-8H2,1-2H3,(H2,14,15,16,17). The molecule has 1 aliphatic rings. The fraction of sp³-hybridized carbons (Fsp3) is 0.692. The van der Waals surface area contributed by atoms with Gasteiger partial charge in [-0.15, -0.1) is 0 Å². The van der Waals surface area contributed by atoms with Crippen LogP contribution in [0.4, 0.5) is 0 Å². The van der Waals surface area contributed by atoms with Gasteiger partial charge in [-0.1, -0.05) is 6.92 Å². The maximum Gasteiger partial charge on any atom is 0.258 e. The molecule has 0 spiro atoms. The van der Waals surface area contributed by atoms with Gasteiger partial charge in [-0.3, -0.25) is 4.79 Å². The maximum atomic E-state index is 11.9. The molecule has 0 atom stereocenters. The molecule has 0 saturated carbocycles. The maximum absolute atomic E-state index is 11.9. The second-order valence-electron chi connectivity index (χ2n) is 4.61. The number of nitrogens with one attached hydrogen (secondary N) is 1. The van der Waals surface area contributed by atoms with Gasteiger partial charge in [-0.05, 0) is 13.3 Å². The predicted octanol–water partition coefficient (Wildman–Crippen LogP) is 1.08. The number of aromatic nitrogens is 2. The van der Waals surface area contributed by atoms with E-state index in [1.807, 2.05) is 6.92 Å². The fourth-order valence-corrected chi connectivity index (χ4v) is 2.45. The van der Waals surface area contributed by atoms with Crippen LogP contribution in [0.5, 0.6) is 5.88 Å². The van der Waals surface area contributed by atoms with Gasteiger partial charge in [0.05, 0.1) is 5.56 Å². The number of rotatable bonds is 4. The highest BCUT2D eigenvalue weighted by Crippen LogP contribution is 2.34. The molecule has 0 unspecified atom stereocenters. The second-order valence-corrected chi connectivity index (χ2v) is 4.61. The molecule has 1 saturated heterocycles. The predicted molar refractivity (Wildman–Crippen MR) is 69.3 cm³/mol. The summed E-state index contributed by atoms with van der Waals surface area (Å²) < 4.78 is 11.2. The molecule has 0 amide bonds. The Labute approximate surface area is 111 Å². The van der Waals surface area contributed by atoms with Crippen molar-refractivity contribution in [2.24, 2.45) is 0 Å². The summed E-state index contributed by atoms with van der Waals surface area (Å²) in [6, 6.07) is 0. The highest BCUT2D eigenvalue weighted by molar-refractivity contribution is 5.24. The molecule has 1 aromatic rings. The van der Waals surface area contributed by atoms with Crippen LogP contribution in [0.3, 0.4) is 0 Å². The first-order chi connectivity index (χ1) is 9.13. The summed E-state index contributed by atoms with van der Waals surface area (Å²) in [6.07, 6.45) is 1.68. The van der Waals surface area contributed by atoms with Crippen LogP contribution >= 0.6 is 0 Å². The summed E-state index contributed by atoms with van der Waals surface area (Å²) in [4.78, 5) is 18.8. The average Bonchev–Trinajstić information content (AvgIpc) is 2.40. The van der Waals surface area contributed by atoms with Crippen LogP contribution in [-0.2, 0) is 21.5 Å². The average molecular weight is 268 g/mol. The molecule has 106 valence electrons. The zero-order valence-electron chi connectivity index (χ0n) is 11.4. The third-order valence-corrected chi connectivity index (χ3v) is 3.50. The van der Waals surface area contributed by atoms with Crippen LogP contribution < -0.4 is 5.56 Å². The van der Waals surface area contributed by atoms with Crippen molar-refractivity contribution in [2.75, 3.05) is 19.8 Å². The highest BCUT2D eigenvalue weighted by atomic mass is 16.5. The van der Waals surface area contributed by atoms with Crippen molar-refractivity contribution >= 4 is 0 Å². The Morgan fingerprint density at radius 3 is 2.63 bits per heavy atom. The van der Waals surface area contributed by atoms with Crippen molar-refractivity contribution in [3.63, 3.8) is 0 Å². The Balaban J connectivity index is 2.45. The Morgan fingerprint density at radius 1 is 1.42 bits per heavy atom. The monoisotopic (exact) mass is 268 g/mol. The number of H-pyrrole nitrogens is 1. The second kappa shape index (κ2) is 5.71. The van der Waals surface area contributed by atoms with E-state index in [0.29, 0.717) is 50.5 Å². The molecule has 0 bridgehead atoms.